The summed E-state index contributed by atoms with van der Waals surface area (Å²) in [5, 5.41) is 0. The molecule has 0 amide bonds. The maximum absolute atomic E-state index is 2.39. The van der Waals surface area contributed by atoms with Crippen LogP contribution in [0.1, 0.15) is 0 Å². The second kappa shape index (κ2) is 4.88. The second-order valence-electron chi connectivity index (χ2n) is 1.73. The Hall–Kier alpha value is 0.882. The van der Waals surface area contributed by atoms with E-state index in [9.17, 15) is 0 Å². The van der Waals surface area contributed by atoms with Gasteiger partial charge in [0.15, 0.2) is 0 Å². The standard InChI is InChI=1S/3CH3.H2O.Pb.H/h3*1H3;1H2;;. The minimum absolute atomic E-state index is 0. The molecule has 0 unspecified atom stereocenters. The van der Waals surface area contributed by atoms with Crippen LogP contribution in [0.2, 0.25) is 13.4 Å². The molecule has 1 nitrogen and oxygen atoms in total. The van der Waals surface area contributed by atoms with Crippen molar-refractivity contribution in [2.75, 3.05) is 0 Å². The van der Waals surface area contributed by atoms with Gasteiger partial charge >= 0.3 is 36.2 Å². The van der Waals surface area contributed by atoms with Gasteiger partial charge in [0, 0.05) is 0 Å². The van der Waals surface area contributed by atoms with Crippen molar-refractivity contribution in [1.29, 1.82) is 0 Å². The summed E-state index contributed by atoms with van der Waals surface area (Å²) >= 11 is -0.722. The molecule has 0 heterocycles. The molecule has 0 bridgehead atoms. The number of rotatable bonds is 0. The van der Waals surface area contributed by atoms with Gasteiger partial charge in [-0.15, -0.1) is 0 Å². The van der Waals surface area contributed by atoms with Gasteiger partial charge in [0.1, 0.15) is 0 Å². The van der Waals surface area contributed by atoms with Crippen molar-refractivity contribution in [2.45, 2.75) is 13.4 Å². The fraction of sp³-hybridized carbons (Fsp3) is 1.00. The molecule has 0 rings (SSSR count). The molecule has 0 spiro atoms. The first kappa shape index (κ1) is 9.30. The van der Waals surface area contributed by atoms with Gasteiger partial charge in [0.2, 0.25) is 0 Å². The third-order valence-corrected chi connectivity index (χ3v) is 0. The summed E-state index contributed by atoms with van der Waals surface area (Å²) in [5.74, 6) is 0. The Morgan fingerprint density at radius 3 is 1.00 bits per heavy atom. The van der Waals surface area contributed by atoms with E-state index in [4.69, 9.17) is 0 Å². The SMILES string of the molecule is O.[CH3][PbH]([CH3])[CH3]. The van der Waals surface area contributed by atoms with Crippen LogP contribution in [0.15, 0.2) is 0 Å². The van der Waals surface area contributed by atoms with Crippen LogP contribution in [0.4, 0.5) is 0 Å². The van der Waals surface area contributed by atoms with Crippen LogP contribution < -0.4 is 0 Å². The van der Waals surface area contributed by atoms with Crippen LogP contribution in [-0.2, 0) is 0 Å². The molecule has 2 heteroatoms. The quantitative estimate of drug-likeness (QED) is 0.567. The van der Waals surface area contributed by atoms with E-state index in [1.165, 1.54) is 0 Å². The first-order valence-corrected chi connectivity index (χ1v) is 15.2. The zero-order valence-electron chi connectivity index (χ0n) is 4.08. The van der Waals surface area contributed by atoms with Crippen LogP contribution in [0.25, 0.3) is 0 Å². The minimum atomic E-state index is -0.722. The molecule has 0 fully saturated rings. The molecule has 0 atom stereocenters. The predicted molar refractivity (Wildman–Crippen MR) is 28.4 cm³/mol. The first-order valence-electron chi connectivity index (χ1n) is 1.73. The molecule has 2 N–H and O–H groups in total. The van der Waals surface area contributed by atoms with Crippen molar-refractivity contribution in [3.8, 4) is 0 Å². The molecular weight excluding hydrogens is 259 g/mol. The monoisotopic (exact) mass is 272 g/mol. The Balaban J connectivity index is 0. The van der Waals surface area contributed by atoms with Gasteiger partial charge < -0.3 is 5.48 Å². The molecule has 0 radical (unpaired) electrons. The summed E-state index contributed by atoms with van der Waals surface area (Å²) in [6.07, 6.45) is 0. The fourth-order valence-electron chi connectivity index (χ4n) is 0. The molecular formula is C3H12OPb. The van der Waals surface area contributed by atoms with Gasteiger partial charge in [0.05, 0.1) is 0 Å². The van der Waals surface area contributed by atoms with Gasteiger partial charge in [-0.05, 0) is 0 Å². The van der Waals surface area contributed by atoms with Crippen LogP contribution in [0.5, 0.6) is 0 Å². The van der Waals surface area contributed by atoms with E-state index < -0.39 is 22.7 Å². The molecule has 0 saturated heterocycles. The van der Waals surface area contributed by atoms with E-state index >= 15 is 0 Å². The van der Waals surface area contributed by atoms with Gasteiger partial charge in [-0.3, -0.25) is 0 Å². The summed E-state index contributed by atoms with van der Waals surface area (Å²) in [6, 6.07) is 0. The average Bonchev–Trinajstić information content (AvgIpc) is 0.811. The zero-order chi connectivity index (χ0) is 3.58. The summed E-state index contributed by atoms with van der Waals surface area (Å²) in [7, 11) is 0. The van der Waals surface area contributed by atoms with Gasteiger partial charge in [-0.25, -0.2) is 0 Å². The molecule has 0 saturated carbocycles. The van der Waals surface area contributed by atoms with Crippen LogP contribution in [0, 0.1) is 0 Å². The number of hydrogen-bond donors (Lipinski definition) is 0. The Bertz CT molecular complexity index is 11.6. The molecule has 0 aromatic carbocycles. The molecule has 0 aromatic heterocycles. The van der Waals surface area contributed by atoms with Crippen LogP contribution in [-0.4, -0.2) is 28.2 Å². The van der Waals surface area contributed by atoms with Gasteiger partial charge in [-0.2, -0.15) is 0 Å². The third-order valence-electron chi connectivity index (χ3n) is 0. The third kappa shape index (κ3) is 52.1. The maximum atomic E-state index is 2.39. The summed E-state index contributed by atoms with van der Waals surface area (Å²) in [5.41, 5.74) is 0. The van der Waals surface area contributed by atoms with E-state index in [-0.39, 0.29) is 5.48 Å². The van der Waals surface area contributed by atoms with E-state index in [1.54, 1.807) is 0 Å². The van der Waals surface area contributed by atoms with Crippen molar-refractivity contribution < 1.29 is 5.48 Å². The van der Waals surface area contributed by atoms with E-state index in [2.05, 4.69) is 13.4 Å². The summed E-state index contributed by atoms with van der Waals surface area (Å²) in [4.78, 5) is 0. The molecule has 0 aromatic rings. The predicted octanol–water partition coefficient (Wildman–Crippen LogP) is 0.278. The molecule has 0 aliphatic rings. The van der Waals surface area contributed by atoms with Crippen LogP contribution >= 0.6 is 0 Å². The van der Waals surface area contributed by atoms with Crippen molar-refractivity contribution >= 4 is 22.7 Å². The zero-order valence-corrected chi connectivity index (χ0v) is 8.57. The summed E-state index contributed by atoms with van der Waals surface area (Å²) < 4.78 is 7.17. The van der Waals surface area contributed by atoms with E-state index in [1.807, 2.05) is 0 Å². The molecule has 34 valence electrons. The molecule has 5 heavy (non-hydrogen) atoms. The second-order valence-corrected chi connectivity index (χ2v) is 15.2. The van der Waals surface area contributed by atoms with Gasteiger partial charge in [-0.1, -0.05) is 0 Å². The van der Waals surface area contributed by atoms with Crippen molar-refractivity contribution in [3.05, 3.63) is 0 Å². The Morgan fingerprint density at radius 2 is 1.00 bits per heavy atom. The summed E-state index contributed by atoms with van der Waals surface area (Å²) in [6.45, 7) is 0. The van der Waals surface area contributed by atoms with Crippen molar-refractivity contribution in [2.24, 2.45) is 0 Å². The molecule has 0 aliphatic heterocycles. The average molecular weight is 271 g/mol. The van der Waals surface area contributed by atoms with Crippen LogP contribution in [0.3, 0.4) is 0 Å². The van der Waals surface area contributed by atoms with E-state index in [0.29, 0.717) is 0 Å². The normalized spacial score (nSPS) is 7.20. The van der Waals surface area contributed by atoms with E-state index in [0.717, 1.165) is 0 Å². The Labute approximate surface area is 41.8 Å². The van der Waals surface area contributed by atoms with Crippen molar-refractivity contribution in [1.82, 2.24) is 0 Å². The Kier molecular flexibility index (Phi) is 9.08. The topological polar surface area (TPSA) is 31.5 Å². The fourth-order valence-corrected chi connectivity index (χ4v) is 0. The Morgan fingerprint density at radius 1 is 1.00 bits per heavy atom. The van der Waals surface area contributed by atoms with Crippen molar-refractivity contribution in [3.63, 3.8) is 0 Å². The number of hydrogen-bond acceptors (Lipinski definition) is 0. The van der Waals surface area contributed by atoms with Gasteiger partial charge in [0.25, 0.3) is 0 Å². The molecule has 0 aliphatic carbocycles. The first-order chi connectivity index (χ1) is 1.73.